The first-order chi connectivity index (χ1) is 14.4. The monoisotopic (exact) mass is 468 g/mol. The molecule has 0 radical (unpaired) electrons. The largest absolute Gasteiger partial charge is 0.507 e. The summed E-state index contributed by atoms with van der Waals surface area (Å²) in [5.41, 5.74) is 1.02. The summed E-state index contributed by atoms with van der Waals surface area (Å²) in [6, 6.07) is 14.5. The number of methoxy groups -OCH3 is 1. The van der Waals surface area contributed by atoms with Crippen LogP contribution in [-0.4, -0.2) is 29.1 Å². The molecule has 8 heteroatoms. The highest BCUT2D eigenvalue weighted by Gasteiger charge is 2.48. The first kappa shape index (κ1) is 19.9. The van der Waals surface area contributed by atoms with Crippen molar-refractivity contribution in [3.05, 3.63) is 81.5 Å². The van der Waals surface area contributed by atoms with Gasteiger partial charge in [0.1, 0.15) is 17.3 Å². The molecule has 2 aromatic carbocycles. The van der Waals surface area contributed by atoms with Crippen molar-refractivity contribution in [2.24, 2.45) is 0 Å². The maximum Gasteiger partial charge on any atom is 0.301 e. The standard InChI is InChI=1S/C22H17BrN2O5/c1-12-11-17(24-30-12)25-19(13-3-7-15(23)8-4-13)18(21(27)22(25)28)20(26)14-5-9-16(29-2)10-6-14/h3-11,19,26H,1-2H3/b20-18+. The van der Waals surface area contributed by atoms with Crippen LogP contribution in [0.25, 0.3) is 5.76 Å². The van der Waals surface area contributed by atoms with E-state index in [2.05, 4.69) is 21.1 Å². The molecule has 30 heavy (non-hydrogen) atoms. The van der Waals surface area contributed by atoms with E-state index >= 15 is 0 Å². The normalized spacial score (nSPS) is 18.1. The van der Waals surface area contributed by atoms with Crippen LogP contribution in [0.1, 0.15) is 22.9 Å². The number of carbonyl (C=O) groups is 2. The van der Waals surface area contributed by atoms with Gasteiger partial charge in [0.2, 0.25) is 0 Å². The number of aryl methyl sites for hydroxylation is 1. The highest BCUT2D eigenvalue weighted by Crippen LogP contribution is 2.42. The second-order valence-electron chi connectivity index (χ2n) is 6.74. The number of halogens is 1. The fraction of sp³-hybridized carbons (Fsp3) is 0.136. The topological polar surface area (TPSA) is 92.9 Å². The van der Waals surface area contributed by atoms with E-state index in [1.54, 1.807) is 61.5 Å². The van der Waals surface area contributed by atoms with Gasteiger partial charge in [0.05, 0.1) is 18.7 Å². The van der Waals surface area contributed by atoms with Gasteiger partial charge in [-0.3, -0.25) is 14.5 Å². The van der Waals surface area contributed by atoms with E-state index in [9.17, 15) is 14.7 Å². The van der Waals surface area contributed by atoms with Crippen LogP contribution < -0.4 is 9.64 Å². The van der Waals surface area contributed by atoms with Crippen molar-refractivity contribution in [3.63, 3.8) is 0 Å². The van der Waals surface area contributed by atoms with Gasteiger partial charge in [-0.05, 0) is 48.9 Å². The van der Waals surface area contributed by atoms with Gasteiger partial charge in [-0.25, -0.2) is 0 Å². The highest BCUT2D eigenvalue weighted by atomic mass is 79.9. The van der Waals surface area contributed by atoms with Crippen molar-refractivity contribution in [3.8, 4) is 5.75 Å². The smallest absolute Gasteiger partial charge is 0.301 e. The molecule has 4 rings (SSSR count). The molecule has 1 atom stereocenters. The molecule has 1 amide bonds. The summed E-state index contributed by atoms with van der Waals surface area (Å²) < 4.78 is 11.1. The first-order valence-electron chi connectivity index (χ1n) is 9.05. The van der Waals surface area contributed by atoms with Crippen LogP contribution in [0.15, 0.2) is 69.2 Å². The maximum absolute atomic E-state index is 13.0. The number of nitrogens with zero attached hydrogens (tertiary/aromatic N) is 2. The summed E-state index contributed by atoms with van der Waals surface area (Å²) in [6.45, 7) is 1.69. The lowest BCUT2D eigenvalue weighted by atomic mass is 9.95. The minimum absolute atomic E-state index is 0.0202. The lowest BCUT2D eigenvalue weighted by molar-refractivity contribution is -0.132. The SMILES string of the molecule is COc1ccc(/C(O)=C2\C(=O)C(=O)N(c3cc(C)on3)C2c2ccc(Br)cc2)cc1. The molecule has 0 aliphatic carbocycles. The van der Waals surface area contributed by atoms with E-state index in [0.717, 1.165) is 4.47 Å². The molecule has 0 bridgehead atoms. The van der Waals surface area contributed by atoms with E-state index in [4.69, 9.17) is 9.26 Å². The summed E-state index contributed by atoms with van der Waals surface area (Å²) in [6.07, 6.45) is 0. The molecule has 1 saturated heterocycles. The third-order valence-electron chi connectivity index (χ3n) is 4.86. The van der Waals surface area contributed by atoms with Crippen LogP contribution in [-0.2, 0) is 9.59 Å². The predicted octanol–water partition coefficient (Wildman–Crippen LogP) is 4.38. The minimum atomic E-state index is -0.857. The highest BCUT2D eigenvalue weighted by molar-refractivity contribution is 9.10. The Balaban J connectivity index is 1.91. The molecule has 0 saturated carbocycles. The van der Waals surface area contributed by atoms with Crippen LogP contribution in [0.2, 0.25) is 0 Å². The number of aliphatic hydroxyl groups excluding tert-OH is 1. The van der Waals surface area contributed by atoms with Crippen LogP contribution in [0.3, 0.4) is 0 Å². The average molecular weight is 469 g/mol. The van der Waals surface area contributed by atoms with Gasteiger partial charge < -0.3 is 14.4 Å². The van der Waals surface area contributed by atoms with Crippen molar-refractivity contribution < 1.29 is 24.0 Å². The van der Waals surface area contributed by atoms with Crippen LogP contribution in [0.5, 0.6) is 5.75 Å². The Morgan fingerprint density at radius 2 is 1.80 bits per heavy atom. The van der Waals surface area contributed by atoms with Gasteiger partial charge in [0.15, 0.2) is 5.82 Å². The van der Waals surface area contributed by atoms with Gasteiger partial charge in [-0.15, -0.1) is 0 Å². The van der Waals surface area contributed by atoms with Crippen molar-refractivity contribution in [2.75, 3.05) is 12.0 Å². The van der Waals surface area contributed by atoms with E-state index in [1.807, 2.05) is 0 Å². The summed E-state index contributed by atoms with van der Waals surface area (Å²) in [7, 11) is 1.54. The molecular weight excluding hydrogens is 452 g/mol. The zero-order valence-corrected chi connectivity index (χ0v) is 17.7. The molecule has 1 aromatic heterocycles. The molecule has 1 unspecified atom stereocenters. The molecule has 2 heterocycles. The number of Topliss-reactive ketones (excluding diaryl/α,β-unsaturated/α-hetero) is 1. The summed E-state index contributed by atoms with van der Waals surface area (Å²) in [4.78, 5) is 27.2. The molecule has 7 nitrogen and oxygen atoms in total. The average Bonchev–Trinajstić information content (AvgIpc) is 3.29. The molecule has 1 fully saturated rings. The van der Waals surface area contributed by atoms with Gasteiger partial charge in [0.25, 0.3) is 5.78 Å². The minimum Gasteiger partial charge on any atom is -0.507 e. The number of aliphatic hydroxyl groups is 1. The number of hydrogen-bond acceptors (Lipinski definition) is 6. The van der Waals surface area contributed by atoms with Crippen LogP contribution in [0.4, 0.5) is 5.82 Å². The third-order valence-corrected chi connectivity index (χ3v) is 5.38. The van der Waals surface area contributed by atoms with Gasteiger partial charge >= 0.3 is 5.91 Å². The molecule has 3 aromatic rings. The number of ether oxygens (including phenoxy) is 1. The van der Waals surface area contributed by atoms with Crippen LogP contribution in [0, 0.1) is 6.92 Å². The van der Waals surface area contributed by atoms with Crippen LogP contribution >= 0.6 is 15.9 Å². The van der Waals surface area contributed by atoms with E-state index < -0.39 is 17.7 Å². The van der Waals surface area contributed by atoms with Gasteiger partial charge in [-0.1, -0.05) is 33.2 Å². The number of anilines is 1. The Bertz CT molecular complexity index is 1150. The number of ketones is 1. The molecular formula is C22H17BrN2O5. The Kier molecular flexibility index (Phi) is 5.17. The molecule has 1 aliphatic rings. The van der Waals surface area contributed by atoms with Crippen molar-refractivity contribution >= 4 is 39.2 Å². The number of amides is 1. The van der Waals surface area contributed by atoms with Gasteiger partial charge in [-0.2, -0.15) is 0 Å². The number of carbonyl (C=O) groups excluding carboxylic acids is 2. The van der Waals surface area contributed by atoms with E-state index in [0.29, 0.717) is 22.6 Å². The van der Waals surface area contributed by atoms with E-state index in [1.165, 1.54) is 12.0 Å². The van der Waals surface area contributed by atoms with Crippen molar-refractivity contribution in [1.82, 2.24) is 5.16 Å². The molecule has 0 spiro atoms. The Labute approximate surface area is 180 Å². The van der Waals surface area contributed by atoms with Crippen molar-refractivity contribution in [2.45, 2.75) is 13.0 Å². The molecule has 1 aliphatic heterocycles. The molecule has 152 valence electrons. The lowest BCUT2D eigenvalue weighted by Crippen LogP contribution is -2.29. The summed E-state index contributed by atoms with van der Waals surface area (Å²) in [5.74, 6) is -0.544. The molecule has 1 N–H and O–H groups in total. The maximum atomic E-state index is 13.0. The first-order valence-corrected chi connectivity index (χ1v) is 9.84. The Morgan fingerprint density at radius 1 is 1.13 bits per heavy atom. The predicted molar refractivity (Wildman–Crippen MR) is 113 cm³/mol. The summed E-state index contributed by atoms with van der Waals surface area (Å²) >= 11 is 3.39. The fourth-order valence-corrected chi connectivity index (χ4v) is 3.66. The third kappa shape index (κ3) is 3.39. The number of rotatable bonds is 4. The van der Waals surface area contributed by atoms with Gasteiger partial charge in [0, 0.05) is 16.1 Å². The number of aromatic nitrogens is 1. The quantitative estimate of drug-likeness (QED) is 0.347. The zero-order chi connectivity index (χ0) is 21.4. The fourth-order valence-electron chi connectivity index (χ4n) is 3.40. The summed E-state index contributed by atoms with van der Waals surface area (Å²) in [5, 5.41) is 14.9. The second-order valence-corrected chi connectivity index (χ2v) is 7.66. The number of hydrogen-bond donors (Lipinski definition) is 1. The second kappa shape index (κ2) is 7.79. The van der Waals surface area contributed by atoms with E-state index in [-0.39, 0.29) is 17.2 Å². The zero-order valence-electron chi connectivity index (χ0n) is 16.1. The number of benzene rings is 2. The lowest BCUT2D eigenvalue weighted by Gasteiger charge is -2.22. The van der Waals surface area contributed by atoms with Crippen molar-refractivity contribution in [1.29, 1.82) is 0 Å². The Morgan fingerprint density at radius 3 is 2.37 bits per heavy atom. The Hall–Kier alpha value is -3.39.